The Morgan fingerprint density at radius 2 is 0.855 bits per heavy atom. The van der Waals surface area contributed by atoms with Gasteiger partial charge in [0.15, 0.2) is 0 Å². The SMILES string of the molecule is CCC/C=C/C=C/C=C/C=C/C=C/CCCCCCCC(=O)OC(CCCCCCCCCCC)CC(=O)NC(CO)C(O)CCCCCCCCCCCCCCCCCC. The Bertz CT molecular complexity index is 1110. The van der Waals surface area contributed by atoms with Crippen LogP contribution >= 0.6 is 0 Å². The minimum absolute atomic E-state index is 0.0673. The summed E-state index contributed by atoms with van der Waals surface area (Å²) < 4.78 is 5.91. The van der Waals surface area contributed by atoms with Gasteiger partial charge in [0.1, 0.15) is 6.10 Å². The van der Waals surface area contributed by atoms with Gasteiger partial charge in [0.2, 0.25) is 5.91 Å². The topological polar surface area (TPSA) is 95.9 Å². The van der Waals surface area contributed by atoms with Crippen LogP contribution in [-0.2, 0) is 14.3 Å². The Balaban J connectivity index is 4.48. The van der Waals surface area contributed by atoms with Crippen LogP contribution in [0, 0.1) is 0 Å². The summed E-state index contributed by atoms with van der Waals surface area (Å²) in [6.07, 6.45) is 61.3. The van der Waals surface area contributed by atoms with E-state index >= 15 is 0 Å². The molecule has 360 valence electrons. The molecule has 0 spiro atoms. The molecule has 0 aliphatic heterocycles. The van der Waals surface area contributed by atoms with Gasteiger partial charge in [-0.25, -0.2) is 0 Å². The molecule has 6 nitrogen and oxygen atoms in total. The molecule has 62 heavy (non-hydrogen) atoms. The number of allylic oxidation sites excluding steroid dienone is 10. The summed E-state index contributed by atoms with van der Waals surface area (Å²) in [5.41, 5.74) is 0. The van der Waals surface area contributed by atoms with Crippen molar-refractivity contribution in [3.05, 3.63) is 60.8 Å². The summed E-state index contributed by atoms with van der Waals surface area (Å²) in [5.74, 6) is -0.499. The lowest BCUT2D eigenvalue weighted by molar-refractivity contribution is -0.151. The van der Waals surface area contributed by atoms with E-state index in [4.69, 9.17) is 4.74 Å². The largest absolute Gasteiger partial charge is 0.462 e. The Morgan fingerprint density at radius 1 is 0.468 bits per heavy atom. The van der Waals surface area contributed by atoms with Gasteiger partial charge >= 0.3 is 5.97 Å². The van der Waals surface area contributed by atoms with Crippen molar-refractivity contribution < 1.29 is 24.5 Å². The number of ether oxygens (including phenoxy) is 1. The predicted octanol–water partition coefficient (Wildman–Crippen LogP) is 16.0. The minimum atomic E-state index is -0.792. The molecule has 0 saturated carbocycles. The number of hydrogen-bond acceptors (Lipinski definition) is 5. The Hall–Kier alpha value is -2.44. The van der Waals surface area contributed by atoms with E-state index in [1.807, 2.05) is 24.3 Å². The van der Waals surface area contributed by atoms with E-state index in [0.29, 0.717) is 19.3 Å². The third-order valence-corrected chi connectivity index (χ3v) is 12.0. The van der Waals surface area contributed by atoms with Crippen LogP contribution in [0.4, 0.5) is 0 Å². The number of amides is 1. The number of carbonyl (C=O) groups is 2. The number of carbonyl (C=O) groups excluding carboxylic acids is 2. The highest BCUT2D eigenvalue weighted by molar-refractivity contribution is 5.77. The predicted molar refractivity (Wildman–Crippen MR) is 268 cm³/mol. The molecule has 0 heterocycles. The van der Waals surface area contributed by atoms with Gasteiger partial charge < -0.3 is 20.3 Å². The zero-order valence-corrected chi connectivity index (χ0v) is 41.0. The van der Waals surface area contributed by atoms with Crippen LogP contribution in [0.5, 0.6) is 0 Å². The quantitative estimate of drug-likeness (QED) is 0.0322. The van der Waals surface area contributed by atoms with E-state index in [9.17, 15) is 19.8 Å². The van der Waals surface area contributed by atoms with Gasteiger partial charge in [0.05, 0.1) is 25.2 Å². The van der Waals surface area contributed by atoms with E-state index < -0.39 is 18.2 Å². The lowest BCUT2D eigenvalue weighted by Gasteiger charge is -2.24. The van der Waals surface area contributed by atoms with Crippen LogP contribution in [0.3, 0.4) is 0 Å². The highest BCUT2D eigenvalue weighted by atomic mass is 16.5. The van der Waals surface area contributed by atoms with Gasteiger partial charge in [0.25, 0.3) is 0 Å². The zero-order chi connectivity index (χ0) is 45.2. The van der Waals surface area contributed by atoms with Crippen molar-refractivity contribution in [1.29, 1.82) is 0 Å². The summed E-state index contributed by atoms with van der Waals surface area (Å²) in [7, 11) is 0. The maximum atomic E-state index is 13.2. The number of aliphatic hydroxyl groups is 2. The monoisotopic (exact) mass is 868 g/mol. The first-order valence-electron chi connectivity index (χ1n) is 26.6. The van der Waals surface area contributed by atoms with E-state index in [1.54, 1.807) is 0 Å². The van der Waals surface area contributed by atoms with E-state index in [0.717, 1.165) is 83.5 Å². The maximum Gasteiger partial charge on any atom is 0.306 e. The lowest BCUT2D eigenvalue weighted by atomic mass is 10.0. The highest BCUT2D eigenvalue weighted by Gasteiger charge is 2.24. The molecule has 0 saturated heterocycles. The smallest absolute Gasteiger partial charge is 0.306 e. The summed E-state index contributed by atoms with van der Waals surface area (Å²) >= 11 is 0. The lowest BCUT2D eigenvalue weighted by Crippen LogP contribution is -2.46. The van der Waals surface area contributed by atoms with E-state index in [2.05, 4.69) is 62.5 Å². The van der Waals surface area contributed by atoms with Crippen LogP contribution in [-0.4, -0.2) is 46.9 Å². The number of hydrogen-bond donors (Lipinski definition) is 3. The van der Waals surface area contributed by atoms with Gasteiger partial charge in [-0.15, -0.1) is 0 Å². The molecule has 3 atom stereocenters. The average Bonchev–Trinajstić information content (AvgIpc) is 3.26. The van der Waals surface area contributed by atoms with Crippen LogP contribution in [0.15, 0.2) is 60.8 Å². The number of aliphatic hydroxyl groups excluding tert-OH is 2. The van der Waals surface area contributed by atoms with Gasteiger partial charge in [-0.1, -0.05) is 261 Å². The average molecular weight is 868 g/mol. The molecule has 0 rings (SSSR count). The molecule has 3 N–H and O–H groups in total. The van der Waals surface area contributed by atoms with Gasteiger partial charge in [-0.05, 0) is 44.9 Å². The number of esters is 1. The highest BCUT2D eigenvalue weighted by Crippen LogP contribution is 2.18. The van der Waals surface area contributed by atoms with Crippen LogP contribution < -0.4 is 5.32 Å². The molecule has 0 fully saturated rings. The second kappa shape index (κ2) is 49.6. The number of unbranched alkanes of at least 4 members (excludes halogenated alkanes) is 29. The molecule has 0 aromatic carbocycles. The maximum absolute atomic E-state index is 13.2. The first-order valence-corrected chi connectivity index (χ1v) is 26.6. The fourth-order valence-corrected chi connectivity index (χ4v) is 7.93. The third kappa shape index (κ3) is 44.2. The number of nitrogens with one attached hydrogen (secondary N) is 1. The molecule has 0 aromatic rings. The molecular weight excluding hydrogens is 767 g/mol. The third-order valence-electron chi connectivity index (χ3n) is 12.0. The molecular formula is C56H101NO5. The molecule has 0 radical (unpaired) electrons. The summed E-state index contributed by atoms with van der Waals surface area (Å²) in [6, 6.07) is -0.706. The number of rotatable bonds is 47. The molecule has 0 bridgehead atoms. The molecule has 3 unspecified atom stereocenters. The zero-order valence-electron chi connectivity index (χ0n) is 41.0. The fraction of sp³-hybridized carbons (Fsp3) is 0.786. The van der Waals surface area contributed by atoms with Crippen molar-refractivity contribution in [2.24, 2.45) is 0 Å². The molecule has 0 aliphatic carbocycles. The fourth-order valence-electron chi connectivity index (χ4n) is 7.93. The Morgan fingerprint density at radius 3 is 1.31 bits per heavy atom. The summed E-state index contributed by atoms with van der Waals surface area (Å²) in [5, 5.41) is 23.8. The Kier molecular flexibility index (Phi) is 47.6. The standard InChI is InChI=1S/C56H101NO5/c1-4-7-10-13-16-19-21-23-25-27-28-30-32-34-37-40-43-46-49-56(61)62-52(47-44-41-38-35-18-15-12-9-6-3)50-55(60)57-53(51-58)54(59)48-45-42-39-36-33-31-29-26-24-22-20-17-14-11-8-5-2/h10,13,16,19,21,23,25,27-28,30,52-54,58-59H,4-9,11-12,14-15,17-18,20,22,24,26,29,31-51H2,1-3H3,(H,57,60)/b13-10+,19-16+,23-21+,27-25+,30-28+. The first kappa shape index (κ1) is 59.6. The minimum Gasteiger partial charge on any atom is -0.462 e. The summed E-state index contributed by atoms with van der Waals surface area (Å²) in [6.45, 7) is 6.39. The van der Waals surface area contributed by atoms with E-state index in [-0.39, 0.29) is 24.9 Å². The van der Waals surface area contributed by atoms with Gasteiger partial charge in [-0.2, -0.15) is 0 Å². The molecule has 0 aromatic heterocycles. The van der Waals surface area contributed by atoms with Crippen molar-refractivity contribution in [2.45, 2.75) is 277 Å². The van der Waals surface area contributed by atoms with Crippen molar-refractivity contribution in [1.82, 2.24) is 5.32 Å². The van der Waals surface area contributed by atoms with Gasteiger partial charge in [-0.3, -0.25) is 9.59 Å². The van der Waals surface area contributed by atoms with Crippen molar-refractivity contribution in [2.75, 3.05) is 6.61 Å². The second-order valence-electron chi connectivity index (χ2n) is 18.1. The van der Waals surface area contributed by atoms with E-state index in [1.165, 1.54) is 128 Å². The second-order valence-corrected chi connectivity index (χ2v) is 18.1. The molecule has 1 amide bonds. The normalized spacial score (nSPS) is 13.7. The van der Waals surface area contributed by atoms with Gasteiger partial charge in [0, 0.05) is 6.42 Å². The van der Waals surface area contributed by atoms with Crippen LogP contribution in [0.25, 0.3) is 0 Å². The summed E-state index contributed by atoms with van der Waals surface area (Å²) in [4.78, 5) is 26.1. The molecule has 6 heteroatoms. The molecule has 0 aliphatic rings. The van der Waals surface area contributed by atoms with Crippen LogP contribution in [0.1, 0.15) is 258 Å². The first-order chi connectivity index (χ1) is 30.5. The van der Waals surface area contributed by atoms with Crippen LogP contribution in [0.2, 0.25) is 0 Å². The van der Waals surface area contributed by atoms with Crippen molar-refractivity contribution >= 4 is 11.9 Å². The van der Waals surface area contributed by atoms with Crippen molar-refractivity contribution in [3.8, 4) is 0 Å². The Labute approximate surface area is 384 Å². The van der Waals surface area contributed by atoms with Crippen molar-refractivity contribution in [3.63, 3.8) is 0 Å².